The molecule has 0 radical (unpaired) electrons. The molecule has 13 heavy (non-hydrogen) atoms. The topological polar surface area (TPSA) is 38.3 Å². The van der Waals surface area contributed by atoms with E-state index in [2.05, 4.69) is 22.4 Å². The molecule has 0 aliphatic carbocycles. The van der Waals surface area contributed by atoms with Gasteiger partial charge in [-0.1, -0.05) is 0 Å². The summed E-state index contributed by atoms with van der Waals surface area (Å²) < 4.78 is 6.24. The summed E-state index contributed by atoms with van der Waals surface area (Å²) in [5.41, 5.74) is 1.97. The fraction of sp³-hybridized carbons (Fsp3) is 0.222. The summed E-state index contributed by atoms with van der Waals surface area (Å²) in [6, 6.07) is 6.13. The van der Waals surface area contributed by atoms with Crippen molar-refractivity contribution in [3.05, 3.63) is 27.3 Å². The SMILES string of the molecule is C[I-]c1ccc2c(c1)COC(=O)N2. The van der Waals surface area contributed by atoms with Crippen molar-refractivity contribution in [3.63, 3.8) is 0 Å². The summed E-state index contributed by atoms with van der Waals surface area (Å²) in [5, 5.41) is 2.66. The van der Waals surface area contributed by atoms with Gasteiger partial charge in [0, 0.05) is 0 Å². The molecular formula is C9H9INO2-. The molecule has 0 unspecified atom stereocenters. The van der Waals surface area contributed by atoms with Crippen LogP contribution in [0.1, 0.15) is 5.56 Å². The number of halogens is 1. The van der Waals surface area contributed by atoms with Crippen LogP contribution >= 0.6 is 0 Å². The Bertz CT molecular complexity index is 351. The number of carbonyl (C=O) groups excluding carboxylic acids is 1. The summed E-state index contributed by atoms with van der Waals surface area (Å²) in [4.78, 5) is 13.1. The van der Waals surface area contributed by atoms with Crippen LogP contribution in [0.4, 0.5) is 10.5 Å². The number of rotatable bonds is 1. The van der Waals surface area contributed by atoms with Gasteiger partial charge in [-0.05, 0) is 0 Å². The predicted octanol–water partition coefficient (Wildman–Crippen LogP) is -1.36. The van der Waals surface area contributed by atoms with E-state index in [0.717, 1.165) is 11.3 Å². The summed E-state index contributed by atoms with van der Waals surface area (Å²) in [6.07, 6.45) is -0.355. The summed E-state index contributed by atoms with van der Waals surface area (Å²) >= 11 is 0.113. The normalized spacial score (nSPS) is 14.7. The number of benzene rings is 1. The second-order valence-electron chi connectivity index (χ2n) is 2.69. The molecule has 3 nitrogen and oxygen atoms in total. The van der Waals surface area contributed by atoms with Gasteiger partial charge < -0.3 is 0 Å². The molecule has 1 aliphatic heterocycles. The van der Waals surface area contributed by atoms with Crippen LogP contribution in [0.3, 0.4) is 0 Å². The number of alkyl halides is 1. The fourth-order valence-corrected chi connectivity index (χ4v) is 2.44. The van der Waals surface area contributed by atoms with Gasteiger partial charge in [0.05, 0.1) is 0 Å². The molecule has 1 aromatic rings. The molecule has 2 rings (SSSR count). The van der Waals surface area contributed by atoms with E-state index in [-0.39, 0.29) is 27.3 Å². The molecule has 4 heteroatoms. The number of amides is 1. The zero-order valence-corrected chi connectivity index (χ0v) is 9.29. The molecule has 0 aromatic heterocycles. The minimum absolute atomic E-state index is 0.113. The Kier molecular flexibility index (Phi) is 2.39. The van der Waals surface area contributed by atoms with Crippen LogP contribution in [0.15, 0.2) is 18.2 Å². The average Bonchev–Trinajstić information content (AvgIpc) is 2.17. The van der Waals surface area contributed by atoms with Gasteiger partial charge in [0.1, 0.15) is 0 Å². The van der Waals surface area contributed by atoms with Crippen LogP contribution in [0.2, 0.25) is 0 Å². The number of hydrogen-bond acceptors (Lipinski definition) is 2. The number of ether oxygens (including phenoxy) is 1. The van der Waals surface area contributed by atoms with Crippen molar-refractivity contribution >= 4 is 11.8 Å². The second-order valence-corrected chi connectivity index (χ2v) is 5.02. The van der Waals surface area contributed by atoms with E-state index < -0.39 is 0 Å². The van der Waals surface area contributed by atoms with Gasteiger partial charge in [0.2, 0.25) is 0 Å². The van der Waals surface area contributed by atoms with Crippen molar-refractivity contribution < 1.29 is 30.7 Å². The monoisotopic (exact) mass is 290 g/mol. The van der Waals surface area contributed by atoms with Gasteiger partial charge in [-0.2, -0.15) is 0 Å². The Hall–Kier alpha value is -0.780. The summed E-state index contributed by atoms with van der Waals surface area (Å²) in [6.45, 7) is 0.402. The first-order valence-corrected chi connectivity index (χ1v) is 7.09. The Morgan fingerprint density at radius 2 is 2.38 bits per heavy atom. The summed E-state index contributed by atoms with van der Waals surface area (Å²) in [5.74, 6) is 0. The van der Waals surface area contributed by atoms with Gasteiger partial charge in [-0.3, -0.25) is 0 Å². The quantitative estimate of drug-likeness (QED) is 0.512. The molecule has 1 amide bonds. The van der Waals surface area contributed by atoms with Gasteiger partial charge >= 0.3 is 86.7 Å². The molecule has 1 heterocycles. The minimum atomic E-state index is -0.355. The average molecular weight is 290 g/mol. The maximum absolute atomic E-state index is 10.9. The molecule has 1 aliphatic rings. The van der Waals surface area contributed by atoms with Gasteiger partial charge in [-0.15, -0.1) is 0 Å². The third-order valence-electron chi connectivity index (χ3n) is 1.88. The molecule has 1 N–H and O–H groups in total. The van der Waals surface area contributed by atoms with Crippen molar-refractivity contribution in [2.75, 3.05) is 10.2 Å². The molecular weight excluding hydrogens is 281 g/mol. The number of nitrogens with one attached hydrogen (secondary N) is 1. The molecule has 70 valence electrons. The Balaban J connectivity index is 2.36. The van der Waals surface area contributed by atoms with E-state index in [9.17, 15) is 4.79 Å². The molecule has 0 saturated carbocycles. The van der Waals surface area contributed by atoms with Crippen LogP contribution < -0.4 is 26.5 Å². The number of hydrogen-bond donors (Lipinski definition) is 1. The fourth-order valence-electron chi connectivity index (χ4n) is 1.21. The third kappa shape index (κ3) is 1.77. The van der Waals surface area contributed by atoms with E-state index >= 15 is 0 Å². The van der Waals surface area contributed by atoms with Crippen LogP contribution in [0, 0.1) is 3.57 Å². The van der Waals surface area contributed by atoms with Crippen molar-refractivity contribution in [1.82, 2.24) is 0 Å². The van der Waals surface area contributed by atoms with Crippen molar-refractivity contribution in [3.8, 4) is 0 Å². The standard InChI is InChI=1S/C9H9INO2/c1-10-7-2-3-8-6(4-7)5-13-9(12)11-8/h2-4H,5H2,1H3,(H,11,12)/q-1. The van der Waals surface area contributed by atoms with Crippen LogP contribution in [-0.2, 0) is 11.3 Å². The van der Waals surface area contributed by atoms with Crippen LogP contribution in [0.5, 0.6) is 0 Å². The predicted molar refractivity (Wildman–Crippen MR) is 44.9 cm³/mol. The summed E-state index contributed by atoms with van der Waals surface area (Å²) in [7, 11) is 0. The third-order valence-corrected chi connectivity index (χ3v) is 3.80. The molecule has 0 saturated heterocycles. The molecule has 0 spiro atoms. The van der Waals surface area contributed by atoms with Crippen molar-refractivity contribution in [2.45, 2.75) is 6.61 Å². The van der Waals surface area contributed by atoms with Crippen LogP contribution in [-0.4, -0.2) is 11.0 Å². The van der Waals surface area contributed by atoms with Gasteiger partial charge in [0.15, 0.2) is 0 Å². The number of cyclic esters (lactones) is 1. The molecule has 0 fully saturated rings. The Morgan fingerprint density at radius 3 is 3.15 bits per heavy atom. The second kappa shape index (κ2) is 3.53. The zero-order valence-electron chi connectivity index (χ0n) is 7.13. The first-order chi connectivity index (χ1) is 6.29. The molecule has 0 bridgehead atoms. The number of fused-ring (bicyclic) bond motifs is 1. The zero-order chi connectivity index (χ0) is 9.26. The van der Waals surface area contributed by atoms with E-state index in [1.54, 1.807) is 0 Å². The molecule has 1 aromatic carbocycles. The molecule has 0 atom stereocenters. The number of carbonyl (C=O) groups is 1. The first-order valence-electron chi connectivity index (χ1n) is 3.86. The van der Waals surface area contributed by atoms with E-state index in [1.165, 1.54) is 3.57 Å². The Labute approximate surface area is 86.7 Å². The van der Waals surface area contributed by atoms with E-state index in [0.29, 0.717) is 6.61 Å². The van der Waals surface area contributed by atoms with Gasteiger partial charge in [-0.25, -0.2) is 0 Å². The van der Waals surface area contributed by atoms with Gasteiger partial charge in [0.25, 0.3) is 0 Å². The number of anilines is 1. The van der Waals surface area contributed by atoms with E-state index in [1.807, 2.05) is 6.07 Å². The van der Waals surface area contributed by atoms with Crippen molar-refractivity contribution in [2.24, 2.45) is 0 Å². The Morgan fingerprint density at radius 1 is 1.54 bits per heavy atom. The first kappa shape index (κ1) is 8.80. The van der Waals surface area contributed by atoms with E-state index in [4.69, 9.17) is 4.74 Å². The van der Waals surface area contributed by atoms with Crippen molar-refractivity contribution in [1.29, 1.82) is 0 Å². The maximum atomic E-state index is 10.9. The van der Waals surface area contributed by atoms with Crippen LogP contribution in [0.25, 0.3) is 0 Å².